The van der Waals surface area contributed by atoms with Crippen LogP contribution in [-0.2, 0) is 25.5 Å². The first-order chi connectivity index (χ1) is 16.6. The summed E-state index contributed by atoms with van der Waals surface area (Å²) in [4.78, 5) is 8.80. The Morgan fingerprint density at radius 3 is 2.20 bits per heavy atom. The fraction of sp³-hybridized carbons (Fsp3) is 0.125. The smallest absolute Gasteiger partial charge is 0.0163 e. The summed E-state index contributed by atoms with van der Waals surface area (Å²) < 4.78 is 0. The second-order valence-electron chi connectivity index (χ2n) is 9.02. The molecule has 175 valence electrons. The Bertz CT molecular complexity index is 1390. The van der Waals surface area contributed by atoms with Crippen molar-refractivity contribution in [1.29, 1.82) is 0 Å². The summed E-state index contributed by atoms with van der Waals surface area (Å²) in [7, 11) is 0. The van der Waals surface area contributed by atoms with Crippen molar-refractivity contribution in [2.24, 2.45) is 0 Å². The summed E-state index contributed by atoms with van der Waals surface area (Å²) in [5, 5.41) is 0. The topological polar surface area (TPSA) is 25.8 Å². The molecule has 0 aliphatic heterocycles. The Hall–Kier alpha value is -3.39. The molecule has 0 atom stereocenters. The molecule has 0 amide bonds. The summed E-state index contributed by atoms with van der Waals surface area (Å²) >= 11 is 0. The monoisotopic (exact) mass is 631 g/mol. The zero-order valence-corrected chi connectivity index (χ0v) is 22.4. The molecule has 0 saturated heterocycles. The standard InChI is InChI=1S/C21H18N.C11H8N.Ir/c1-14-11-12-22-19(13-14)17-9-6-8-16-15-7-4-5-10-18(15)21(2,3)20(16)17;1-2-6-10(7-3-1)11-8-4-5-9-12-11;/h4-8,10-13H,1-3H3;1-6,8-9H;/q2*-1;. The summed E-state index contributed by atoms with van der Waals surface area (Å²) in [6.45, 7) is 6.70. The van der Waals surface area contributed by atoms with Crippen LogP contribution in [0.2, 0.25) is 0 Å². The average molecular weight is 631 g/mol. The van der Waals surface area contributed by atoms with Gasteiger partial charge in [0.25, 0.3) is 0 Å². The minimum absolute atomic E-state index is 0. The number of rotatable bonds is 2. The minimum atomic E-state index is -0.0234. The fourth-order valence-electron chi connectivity index (χ4n) is 4.72. The van der Waals surface area contributed by atoms with Crippen molar-refractivity contribution in [3.63, 3.8) is 0 Å². The van der Waals surface area contributed by atoms with Gasteiger partial charge in [-0.05, 0) is 47.0 Å². The van der Waals surface area contributed by atoms with Gasteiger partial charge in [0.15, 0.2) is 0 Å². The maximum atomic E-state index is 4.58. The zero-order chi connectivity index (χ0) is 23.5. The first kappa shape index (κ1) is 24.7. The molecule has 3 aromatic carbocycles. The first-order valence-electron chi connectivity index (χ1n) is 11.5. The van der Waals surface area contributed by atoms with Crippen LogP contribution in [-0.4, -0.2) is 9.97 Å². The fourth-order valence-corrected chi connectivity index (χ4v) is 4.72. The molecule has 0 unspecified atom stereocenters. The van der Waals surface area contributed by atoms with Crippen LogP contribution >= 0.6 is 0 Å². The molecule has 0 bridgehead atoms. The van der Waals surface area contributed by atoms with E-state index in [-0.39, 0.29) is 25.5 Å². The van der Waals surface area contributed by atoms with Crippen molar-refractivity contribution >= 4 is 0 Å². The quantitative estimate of drug-likeness (QED) is 0.187. The molecular formula is C32H26IrN2-2. The molecular weight excluding hydrogens is 605 g/mol. The second kappa shape index (κ2) is 10.5. The van der Waals surface area contributed by atoms with Gasteiger partial charge >= 0.3 is 0 Å². The number of hydrogen-bond acceptors (Lipinski definition) is 2. The van der Waals surface area contributed by atoms with Crippen LogP contribution in [0, 0.1) is 19.1 Å². The van der Waals surface area contributed by atoms with E-state index >= 15 is 0 Å². The zero-order valence-electron chi connectivity index (χ0n) is 20.0. The molecule has 3 heteroatoms. The van der Waals surface area contributed by atoms with Crippen LogP contribution in [0.15, 0.2) is 103 Å². The van der Waals surface area contributed by atoms with Gasteiger partial charge in [0, 0.05) is 32.5 Å². The SMILES string of the molecule is Cc1ccnc(-c2[c-]ccc3c2C(C)(C)c2ccccc2-3)c1.[Ir].[c-]1ccccc1-c1ccccn1. The number of nitrogens with zero attached hydrogens (tertiary/aromatic N) is 2. The van der Waals surface area contributed by atoms with E-state index in [1.165, 1.54) is 27.8 Å². The number of pyridine rings is 2. The Morgan fingerprint density at radius 1 is 0.686 bits per heavy atom. The van der Waals surface area contributed by atoms with Gasteiger partial charge in [-0.25, -0.2) is 0 Å². The third-order valence-electron chi connectivity index (χ3n) is 6.33. The van der Waals surface area contributed by atoms with E-state index in [4.69, 9.17) is 0 Å². The summed E-state index contributed by atoms with van der Waals surface area (Å²) in [6.07, 6.45) is 3.67. The largest absolute Gasteiger partial charge is 0.305 e. The van der Waals surface area contributed by atoms with Gasteiger partial charge in [0.05, 0.1) is 0 Å². The minimum Gasteiger partial charge on any atom is -0.305 e. The van der Waals surface area contributed by atoms with Crippen molar-refractivity contribution < 1.29 is 20.1 Å². The number of benzene rings is 3. The third kappa shape index (κ3) is 4.89. The Balaban J connectivity index is 0.000000189. The molecule has 0 saturated carbocycles. The number of aryl methyl sites for hydroxylation is 1. The second-order valence-corrected chi connectivity index (χ2v) is 9.02. The van der Waals surface area contributed by atoms with Crippen LogP contribution in [0.5, 0.6) is 0 Å². The predicted octanol–water partition coefficient (Wildman–Crippen LogP) is 7.71. The van der Waals surface area contributed by atoms with E-state index < -0.39 is 0 Å². The third-order valence-corrected chi connectivity index (χ3v) is 6.33. The number of hydrogen-bond donors (Lipinski definition) is 0. The van der Waals surface area contributed by atoms with Gasteiger partial charge in [-0.1, -0.05) is 67.4 Å². The van der Waals surface area contributed by atoms with E-state index in [1.807, 2.05) is 60.8 Å². The van der Waals surface area contributed by atoms with Crippen LogP contribution in [0.25, 0.3) is 33.6 Å². The van der Waals surface area contributed by atoms with Gasteiger partial charge in [0.2, 0.25) is 0 Å². The molecule has 2 aromatic heterocycles. The van der Waals surface area contributed by atoms with Crippen molar-refractivity contribution in [2.45, 2.75) is 26.2 Å². The Kier molecular flexibility index (Phi) is 7.40. The average Bonchev–Trinajstić information content (AvgIpc) is 3.13. The van der Waals surface area contributed by atoms with E-state index in [0.717, 1.165) is 22.5 Å². The van der Waals surface area contributed by atoms with Gasteiger partial charge < -0.3 is 9.97 Å². The van der Waals surface area contributed by atoms with E-state index in [2.05, 4.69) is 79.3 Å². The molecule has 0 fully saturated rings. The van der Waals surface area contributed by atoms with Gasteiger partial charge in [-0.3, -0.25) is 0 Å². The Morgan fingerprint density at radius 2 is 1.46 bits per heavy atom. The van der Waals surface area contributed by atoms with Crippen molar-refractivity contribution in [2.75, 3.05) is 0 Å². The van der Waals surface area contributed by atoms with Crippen LogP contribution in [0.4, 0.5) is 0 Å². The molecule has 1 radical (unpaired) electrons. The van der Waals surface area contributed by atoms with Crippen LogP contribution in [0.1, 0.15) is 30.5 Å². The molecule has 2 nitrogen and oxygen atoms in total. The van der Waals surface area contributed by atoms with Crippen molar-refractivity contribution in [1.82, 2.24) is 9.97 Å². The molecule has 6 rings (SSSR count). The predicted molar refractivity (Wildman–Crippen MR) is 139 cm³/mol. The molecule has 5 aromatic rings. The van der Waals surface area contributed by atoms with Gasteiger partial charge in [-0.15, -0.1) is 65.2 Å². The molecule has 1 aliphatic carbocycles. The molecule has 2 heterocycles. The number of fused-ring (bicyclic) bond motifs is 3. The summed E-state index contributed by atoms with van der Waals surface area (Å²) in [5.41, 5.74) is 10.7. The summed E-state index contributed by atoms with van der Waals surface area (Å²) in [5.74, 6) is 0. The molecule has 0 N–H and O–H groups in total. The van der Waals surface area contributed by atoms with E-state index in [0.29, 0.717) is 0 Å². The van der Waals surface area contributed by atoms with Crippen molar-refractivity contribution in [3.05, 3.63) is 132 Å². The normalized spacial score (nSPS) is 12.4. The molecule has 0 spiro atoms. The van der Waals surface area contributed by atoms with Crippen molar-refractivity contribution in [3.8, 4) is 33.6 Å². The van der Waals surface area contributed by atoms with Crippen LogP contribution in [0.3, 0.4) is 0 Å². The number of aromatic nitrogens is 2. The maximum Gasteiger partial charge on any atom is 0.0163 e. The van der Waals surface area contributed by atoms with E-state index in [1.54, 1.807) is 6.20 Å². The first-order valence-corrected chi connectivity index (χ1v) is 11.5. The van der Waals surface area contributed by atoms with Crippen LogP contribution < -0.4 is 0 Å². The van der Waals surface area contributed by atoms with E-state index in [9.17, 15) is 0 Å². The van der Waals surface area contributed by atoms with Gasteiger partial charge in [0.1, 0.15) is 0 Å². The maximum absolute atomic E-state index is 4.58. The molecule has 35 heavy (non-hydrogen) atoms. The van der Waals surface area contributed by atoms with Gasteiger partial charge in [-0.2, -0.15) is 0 Å². The summed E-state index contributed by atoms with van der Waals surface area (Å²) in [6, 6.07) is 37.3. The Labute approximate surface area is 221 Å². The molecule has 1 aliphatic rings.